The van der Waals surface area contributed by atoms with E-state index in [1.54, 1.807) is 0 Å². The maximum Gasteiger partial charge on any atom is 0.0231 e. The van der Waals surface area contributed by atoms with Crippen LogP contribution in [-0.2, 0) is 13.1 Å². The van der Waals surface area contributed by atoms with Gasteiger partial charge in [0.25, 0.3) is 0 Å². The zero-order valence-corrected chi connectivity index (χ0v) is 15.2. The quantitative estimate of drug-likeness (QED) is 0.674. The molecule has 0 atom stereocenters. The highest BCUT2D eigenvalue weighted by atomic mass is 15.2. The highest BCUT2D eigenvalue weighted by Gasteiger charge is 2.03. The number of nitrogens with one attached hydrogen (secondary N) is 1. The van der Waals surface area contributed by atoms with E-state index >= 15 is 0 Å². The summed E-state index contributed by atoms with van der Waals surface area (Å²) in [6.07, 6.45) is 2.57. The molecule has 0 aliphatic rings. The predicted molar refractivity (Wildman–Crippen MR) is 99.3 cm³/mol. The molecule has 0 radical (unpaired) electrons. The van der Waals surface area contributed by atoms with Crippen LogP contribution in [0.15, 0.2) is 24.3 Å². The minimum Gasteiger partial charge on any atom is -0.310 e. The molecule has 3 heteroatoms. The number of hydrogen-bond acceptors (Lipinski definition) is 3. The second-order valence-corrected chi connectivity index (χ2v) is 6.75. The summed E-state index contributed by atoms with van der Waals surface area (Å²) in [6, 6.07) is 9.54. The summed E-state index contributed by atoms with van der Waals surface area (Å²) in [5.74, 6) is 0. The average Bonchev–Trinajstić information content (AvgIpc) is 2.50. The zero-order valence-electron chi connectivity index (χ0n) is 15.2. The van der Waals surface area contributed by atoms with Crippen LogP contribution >= 0.6 is 0 Å². The molecule has 0 unspecified atom stereocenters. The van der Waals surface area contributed by atoms with Crippen LogP contribution in [0, 0.1) is 0 Å². The van der Waals surface area contributed by atoms with E-state index in [2.05, 4.69) is 74.2 Å². The molecular weight excluding hydrogens is 270 g/mol. The normalized spacial score (nSPS) is 11.8. The lowest BCUT2D eigenvalue weighted by molar-refractivity contribution is 0.249. The summed E-state index contributed by atoms with van der Waals surface area (Å²) in [6.45, 7) is 12.1. The van der Waals surface area contributed by atoms with Gasteiger partial charge in [0.1, 0.15) is 0 Å². The van der Waals surface area contributed by atoms with Crippen molar-refractivity contribution >= 4 is 0 Å². The molecule has 3 nitrogen and oxygen atoms in total. The zero-order chi connectivity index (χ0) is 16.4. The van der Waals surface area contributed by atoms with E-state index in [-0.39, 0.29) is 1.43 Å². The summed E-state index contributed by atoms with van der Waals surface area (Å²) >= 11 is 0. The Balaban J connectivity index is 0.00000484. The van der Waals surface area contributed by atoms with Crippen LogP contribution in [-0.4, -0.2) is 49.6 Å². The van der Waals surface area contributed by atoms with Crippen molar-refractivity contribution in [1.82, 2.24) is 15.1 Å². The molecule has 0 saturated carbocycles. The van der Waals surface area contributed by atoms with Crippen molar-refractivity contribution in [3.63, 3.8) is 0 Å². The Bertz CT molecular complexity index is 392. The lowest BCUT2D eigenvalue weighted by atomic mass is 10.1. The third-order valence-electron chi connectivity index (χ3n) is 3.95. The third kappa shape index (κ3) is 8.52. The number of unbranched alkanes of at least 4 members (excludes halogenated alkanes) is 1. The molecule has 1 rings (SSSR count). The van der Waals surface area contributed by atoms with Gasteiger partial charge in [0, 0.05) is 33.6 Å². The van der Waals surface area contributed by atoms with E-state index in [0.29, 0.717) is 6.04 Å². The molecule has 128 valence electrons. The first-order chi connectivity index (χ1) is 10.5. The van der Waals surface area contributed by atoms with Gasteiger partial charge in [0.15, 0.2) is 0 Å². The number of hydrogen-bond donors (Lipinski definition) is 1. The molecule has 0 aliphatic carbocycles. The van der Waals surface area contributed by atoms with Gasteiger partial charge >= 0.3 is 0 Å². The van der Waals surface area contributed by atoms with Gasteiger partial charge in [-0.15, -0.1) is 0 Å². The van der Waals surface area contributed by atoms with Crippen molar-refractivity contribution in [2.45, 2.75) is 52.7 Å². The van der Waals surface area contributed by atoms with Gasteiger partial charge in [-0.1, -0.05) is 51.5 Å². The van der Waals surface area contributed by atoms with Crippen LogP contribution in [0.4, 0.5) is 0 Å². The van der Waals surface area contributed by atoms with Gasteiger partial charge < -0.3 is 15.1 Å². The largest absolute Gasteiger partial charge is 0.310 e. The first-order valence-corrected chi connectivity index (χ1v) is 8.69. The van der Waals surface area contributed by atoms with Crippen LogP contribution in [0.2, 0.25) is 0 Å². The van der Waals surface area contributed by atoms with Crippen molar-refractivity contribution in [2.75, 3.05) is 33.7 Å². The van der Waals surface area contributed by atoms with E-state index in [9.17, 15) is 0 Å². The number of benzene rings is 1. The Labute approximate surface area is 139 Å². The standard InChI is InChI=1S/C19H35N3.H2/c1-6-7-12-21(4)13-14-22(5)16-19-10-8-18(9-11-19)15-20-17(2)3;/h8-11,17,20H,6-7,12-16H2,1-5H3;1H. The lowest BCUT2D eigenvalue weighted by Gasteiger charge is -2.22. The molecule has 0 fully saturated rings. The minimum absolute atomic E-state index is 0. The third-order valence-corrected chi connectivity index (χ3v) is 3.95. The molecule has 0 amide bonds. The molecule has 0 saturated heterocycles. The van der Waals surface area contributed by atoms with E-state index in [1.165, 1.54) is 30.5 Å². The Morgan fingerprint density at radius 1 is 0.955 bits per heavy atom. The summed E-state index contributed by atoms with van der Waals surface area (Å²) in [5.41, 5.74) is 2.76. The maximum atomic E-state index is 3.46. The van der Waals surface area contributed by atoms with E-state index in [0.717, 1.165) is 26.2 Å². The molecule has 0 aromatic heterocycles. The fourth-order valence-electron chi connectivity index (χ4n) is 2.36. The smallest absolute Gasteiger partial charge is 0.0231 e. The maximum absolute atomic E-state index is 3.46. The molecule has 1 N–H and O–H groups in total. The summed E-state index contributed by atoms with van der Waals surface area (Å²) in [4.78, 5) is 4.84. The number of likely N-dealkylation sites (N-methyl/N-ethyl adjacent to an activating group) is 2. The second kappa shape index (κ2) is 10.8. The van der Waals surface area contributed by atoms with E-state index < -0.39 is 0 Å². The predicted octanol–water partition coefficient (Wildman–Crippen LogP) is 3.59. The van der Waals surface area contributed by atoms with Crippen LogP contribution in [0.5, 0.6) is 0 Å². The molecule has 0 heterocycles. The molecular formula is C19H37N3. The molecule has 0 aliphatic heterocycles. The molecule has 0 bridgehead atoms. The number of rotatable bonds is 11. The highest BCUT2D eigenvalue weighted by molar-refractivity contribution is 5.22. The Morgan fingerprint density at radius 2 is 1.55 bits per heavy atom. The molecule has 1 aromatic carbocycles. The van der Waals surface area contributed by atoms with Crippen molar-refractivity contribution in [3.8, 4) is 0 Å². The lowest BCUT2D eigenvalue weighted by Crippen LogP contribution is -2.31. The Hall–Kier alpha value is -0.900. The Morgan fingerprint density at radius 3 is 2.14 bits per heavy atom. The first kappa shape index (κ1) is 19.1. The highest BCUT2D eigenvalue weighted by Crippen LogP contribution is 2.07. The number of nitrogens with zero attached hydrogens (tertiary/aromatic N) is 2. The summed E-state index contributed by atoms with van der Waals surface area (Å²) < 4.78 is 0. The Kier molecular flexibility index (Phi) is 9.37. The van der Waals surface area contributed by atoms with Crippen LogP contribution in [0.1, 0.15) is 46.2 Å². The summed E-state index contributed by atoms with van der Waals surface area (Å²) in [5, 5.41) is 3.46. The SMILES string of the molecule is CCCCN(C)CCN(C)Cc1ccc(CNC(C)C)cc1.[HH]. The molecule has 0 spiro atoms. The van der Waals surface area contributed by atoms with E-state index in [1.807, 2.05) is 0 Å². The monoisotopic (exact) mass is 307 g/mol. The first-order valence-electron chi connectivity index (χ1n) is 8.69. The fraction of sp³-hybridized carbons (Fsp3) is 0.684. The van der Waals surface area contributed by atoms with Crippen LogP contribution in [0.3, 0.4) is 0 Å². The topological polar surface area (TPSA) is 18.5 Å². The van der Waals surface area contributed by atoms with Crippen molar-refractivity contribution in [2.24, 2.45) is 0 Å². The van der Waals surface area contributed by atoms with Crippen LogP contribution in [0.25, 0.3) is 0 Å². The van der Waals surface area contributed by atoms with E-state index in [4.69, 9.17) is 0 Å². The van der Waals surface area contributed by atoms with Gasteiger partial charge in [0.2, 0.25) is 0 Å². The molecule has 22 heavy (non-hydrogen) atoms. The van der Waals surface area contributed by atoms with Crippen molar-refractivity contribution in [1.29, 1.82) is 0 Å². The van der Waals surface area contributed by atoms with Crippen LogP contribution < -0.4 is 5.32 Å². The van der Waals surface area contributed by atoms with Crippen molar-refractivity contribution in [3.05, 3.63) is 35.4 Å². The summed E-state index contributed by atoms with van der Waals surface area (Å²) in [7, 11) is 4.43. The second-order valence-electron chi connectivity index (χ2n) is 6.75. The minimum atomic E-state index is 0. The van der Waals surface area contributed by atoms with Gasteiger partial charge in [-0.05, 0) is 38.2 Å². The molecule has 1 aromatic rings. The fourth-order valence-corrected chi connectivity index (χ4v) is 2.36. The van der Waals surface area contributed by atoms with Crippen molar-refractivity contribution < 1.29 is 1.43 Å². The van der Waals surface area contributed by atoms with Gasteiger partial charge in [-0.2, -0.15) is 0 Å². The van der Waals surface area contributed by atoms with Gasteiger partial charge in [0.05, 0.1) is 0 Å². The van der Waals surface area contributed by atoms with Gasteiger partial charge in [-0.3, -0.25) is 0 Å². The van der Waals surface area contributed by atoms with Gasteiger partial charge in [-0.25, -0.2) is 0 Å². The average molecular weight is 308 g/mol.